The standard InChI is InChI=1S/C15H23ClN2O2/c16-14-6-1-4-12(10-14)15(19,7-3-9-18-20)13-5-2-8-17-11-13/h1,4,6,10,13,17-20H,2-3,5,7-9,11H2/t13-,15-/m1/s1. The fraction of sp³-hybridized carbons (Fsp3) is 0.600. The first-order valence-corrected chi connectivity index (χ1v) is 7.60. The van der Waals surface area contributed by atoms with E-state index in [1.165, 1.54) is 0 Å². The van der Waals surface area contributed by atoms with Crippen molar-refractivity contribution in [2.45, 2.75) is 31.3 Å². The fourth-order valence-corrected chi connectivity index (χ4v) is 3.23. The maximum absolute atomic E-state index is 11.3. The lowest BCUT2D eigenvalue weighted by molar-refractivity contribution is -0.0435. The van der Waals surface area contributed by atoms with Gasteiger partial charge in [-0.05, 0) is 49.9 Å². The van der Waals surface area contributed by atoms with Crippen LogP contribution in [0.1, 0.15) is 31.2 Å². The van der Waals surface area contributed by atoms with E-state index in [9.17, 15) is 5.11 Å². The van der Waals surface area contributed by atoms with E-state index in [1.54, 1.807) is 0 Å². The molecule has 0 saturated carbocycles. The third-order valence-electron chi connectivity index (χ3n) is 4.14. The van der Waals surface area contributed by atoms with Crippen LogP contribution in [0, 0.1) is 5.92 Å². The molecule has 0 aromatic heterocycles. The van der Waals surface area contributed by atoms with Crippen molar-refractivity contribution in [1.82, 2.24) is 10.8 Å². The highest BCUT2D eigenvalue weighted by atomic mass is 35.5. The largest absolute Gasteiger partial charge is 0.385 e. The number of hydrogen-bond donors (Lipinski definition) is 4. The molecule has 1 aromatic carbocycles. The second kappa shape index (κ2) is 7.38. The molecule has 0 amide bonds. The van der Waals surface area contributed by atoms with Gasteiger partial charge in [0.2, 0.25) is 0 Å². The van der Waals surface area contributed by atoms with Gasteiger partial charge in [-0.15, -0.1) is 0 Å². The molecule has 1 aliphatic rings. The topological polar surface area (TPSA) is 64.5 Å². The molecule has 1 aliphatic heterocycles. The first-order valence-electron chi connectivity index (χ1n) is 7.23. The summed E-state index contributed by atoms with van der Waals surface area (Å²) in [4.78, 5) is 0. The molecule has 4 N–H and O–H groups in total. The molecule has 0 radical (unpaired) electrons. The van der Waals surface area contributed by atoms with Gasteiger partial charge in [-0.3, -0.25) is 0 Å². The van der Waals surface area contributed by atoms with E-state index < -0.39 is 5.60 Å². The molecule has 0 bridgehead atoms. The van der Waals surface area contributed by atoms with Crippen molar-refractivity contribution < 1.29 is 10.3 Å². The van der Waals surface area contributed by atoms with Gasteiger partial charge in [-0.1, -0.05) is 23.7 Å². The Morgan fingerprint density at radius 1 is 1.45 bits per heavy atom. The fourth-order valence-electron chi connectivity index (χ4n) is 3.04. The summed E-state index contributed by atoms with van der Waals surface area (Å²) in [7, 11) is 0. The Bertz CT molecular complexity index is 424. The SMILES string of the molecule is ONCCC[C@@](O)(c1cccc(Cl)c1)[C@@H]1CCCNC1. The average Bonchev–Trinajstić information content (AvgIpc) is 2.48. The molecule has 0 aliphatic carbocycles. The van der Waals surface area contributed by atoms with E-state index in [1.807, 2.05) is 24.3 Å². The molecule has 112 valence electrons. The number of piperidine rings is 1. The zero-order valence-corrected chi connectivity index (χ0v) is 12.4. The number of nitrogens with one attached hydrogen (secondary N) is 2. The smallest absolute Gasteiger partial charge is 0.0937 e. The molecule has 4 nitrogen and oxygen atoms in total. The maximum Gasteiger partial charge on any atom is 0.0937 e. The van der Waals surface area contributed by atoms with Crippen molar-refractivity contribution in [3.05, 3.63) is 34.9 Å². The molecule has 20 heavy (non-hydrogen) atoms. The lowest BCUT2D eigenvalue weighted by atomic mass is 9.74. The van der Waals surface area contributed by atoms with Crippen LogP contribution in [0.15, 0.2) is 24.3 Å². The Morgan fingerprint density at radius 3 is 2.95 bits per heavy atom. The second-order valence-corrected chi connectivity index (χ2v) is 5.93. The lowest BCUT2D eigenvalue weighted by Crippen LogP contribution is -2.44. The van der Waals surface area contributed by atoms with Crippen LogP contribution in [0.4, 0.5) is 0 Å². The van der Waals surface area contributed by atoms with E-state index in [0.29, 0.717) is 24.4 Å². The van der Waals surface area contributed by atoms with Crippen LogP contribution in [0.25, 0.3) is 0 Å². The first kappa shape index (κ1) is 15.7. The lowest BCUT2D eigenvalue weighted by Gasteiger charge is -2.39. The van der Waals surface area contributed by atoms with Crippen molar-refractivity contribution >= 4 is 11.6 Å². The van der Waals surface area contributed by atoms with Gasteiger partial charge in [0.1, 0.15) is 0 Å². The van der Waals surface area contributed by atoms with Crippen LogP contribution >= 0.6 is 11.6 Å². The molecule has 1 fully saturated rings. The van der Waals surface area contributed by atoms with Crippen LogP contribution in [-0.2, 0) is 5.60 Å². The Hall–Kier alpha value is -0.650. The number of benzene rings is 1. The van der Waals surface area contributed by atoms with Crippen molar-refractivity contribution in [1.29, 1.82) is 0 Å². The Kier molecular flexibility index (Phi) is 5.81. The molecule has 1 saturated heterocycles. The molecule has 2 atom stereocenters. The third kappa shape index (κ3) is 3.71. The number of hydroxylamine groups is 1. The minimum absolute atomic E-state index is 0.174. The summed E-state index contributed by atoms with van der Waals surface area (Å²) in [5, 5.41) is 24.0. The summed E-state index contributed by atoms with van der Waals surface area (Å²) < 4.78 is 0. The van der Waals surface area contributed by atoms with E-state index in [2.05, 4.69) is 10.8 Å². The summed E-state index contributed by atoms with van der Waals surface area (Å²) in [6.45, 7) is 2.30. The van der Waals surface area contributed by atoms with Crippen LogP contribution < -0.4 is 10.8 Å². The number of rotatable bonds is 6. The molecular weight excluding hydrogens is 276 g/mol. The summed E-state index contributed by atoms with van der Waals surface area (Å²) in [5.41, 5.74) is 2.13. The molecule has 2 rings (SSSR count). The summed E-state index contributed by atoms with van der Waals surface area (Å²) in [6.07, 6.45) is 3.39. The summed E-state index contributed by atoms with van der Waals surface area (Å²) in [6, 6.07) is 7.48. The van der Waals surface area contributed by atoms with Crippen LogP contribution in [-0.4, -0.2) is 29.9 Å². The highest BCUT2D eigenvalue weighted by Gasteiger charge is 2.38. The molecule has 0 spiro atoms. The Balaban J connectivity index is 2.22. The third-order valence-corrected chi connectivity index (χ3v) is 4.38. The van der Waals surface area contributed by atoms with Crippen LogP contribution in [0.3, 0.4) is 0 Å². The van der Waals surface area contributed by atoms with Gasteiger partial charge in [-0.25, -0.2) is 5.48 Å². The monoisotopic (exact) mass is 298 g/mol. The van der Waals surface area contributed by atoms with Gasteiger partial charge in [0.15, 0.2) is 0 Å². The van der Waals surface area contributed by atoms with E-state index >= 15 is 0 Å². The van der Waals surface area contributed by atoms with Gasteiger partial charge < -0.3 is 15.6 Å². The number of hydrogen-bond acceptors (Lipinski definition) is 4. The van der Waals surface area contributed by atoms with Gasteiger partial charge >= 0.3 is 0 Å². The van der Waals surface area contributed by atoms with Gasteiger partial charge in [0.25, 0.3) is 0 Å². The molecule has 1 heterocycles. The zero-order valence-electron chi connectivity index (χ0n) is 11.6. The summed E-state index contributed by atoms with van der Waals surface area (Å²) >= 11 is 6.07. The van der Waals surface area contributed by atoms with E-state index in [0.717, 1.165) is 31.5 Å². The molecule has 5 heteroatoms. The van der Waals surface area contributed by atoms with E-state index in [-0.39, 0.29) is 5.92 Å². The van der Waals surface area contributed by atoms with Crippen LogP contribution in [0.5, 0.6) is 0 Å². The first-order chi connectivity index (χ1) is 9.66. The Labute approximate surface area is 125 Å². The zero-order chi connectivity index (χ0) is 14.4. The molecular formula is C15H23ClN2O2. The highest BCUT2D eigenvalue weighted by Crippen LogP contribution is 2.38. The minimum atomic E-state index is -0.894. The van der Waals surface area contributed by atoms with Crippen molar-refractivity contribution in [3.8, 4) is 0 Å². The second-order valence-electron chi connectivity index (χ2n) is 5.49. The van der Waals surface area contributed by atoms with Gasteiger partial charge in [-0.2, -0.15) is 0 Å². The maximum atomic E-state index is 11.3. The summed E-state index contributed by atoms with van der Waals surface area (Å²) in [5.74, 6) is 0.174. The van der Waals surface area contributed by atoms with Crippen molar-refractivity contribution in [2.75, 3.05) is 19.6 Å². The van der Waals surface area contributed by atoms with Crippen molar-refractivity contribution in [3.63, 3.8) is 0 Å². The normalized spacial score (nSPS) is 22.4. The molecule has 1 aromatic rings. The quantitative estimate of drug-likeness (QED) is 0.481. The van der Waals surface area contributed by atoms with Gasteiger partial charge in [0.05, 0.1) is 5.60 Å². The average molecular weight is 299 g/mol. The van der Waals surface area contributed by atoms with E-state index in [4.69, 9.17) is 16.8 Å². The predicted octanol–water partition coefficient (Wildman–Crippen LogP) is 2.29. The number of aliphatic hydroxyl groups is 1. The Morgan fingerprint density at radius 2 is 2.30 bits per heavy atom. The molecule has 0 unspecified atom stereocenters. The highest BCUT2D eigenvalue weighted by molar-refractivity contribution is 6.30. The minimum Gasteiger partial charge on any atom is -0.385 e. The van der Waals surface area contributed by atoms with Crippen molar-refractivity contribution in [2.24, 2.45) is 5.92 Å². The number of halogens is 1. The van der Waals surface area contributed by atoms with Gasteiger partial charge in [0, 0.05) is 24.0 Å². The predicted molar refractivity (Wildman–Crippen MR) is 80.0 cm³/mol. The van der Waals surface area contributed by atoms with Crippen LogP contribution in [0.2, 0.25) is 5.02 Å².